The Morgan fingerprint density at radius 1 is 1.08 bits per heavy atom. The van der Waals surface area contributed by atoms with Crippen molar-refractivity contribution in [3.63, 3.8) is 0 Å². The van der Waals surface area contributed by atoms with Crippen LogP contribution in [-0.4, -0.2) is 40.6 Å². The fourth-order valence-corrected chi connectivity index (χ4v) is 1.27. The summed E-state index contributed by atoms with van der Waals surface area (Å²) < 4.78 is 0. The van der Waals surface area contributed by atoms with Gasteiger partial charge in [-0.1, -0.05) is 45.4 Å². The maximum atomic E-state index is 9.60. The topological polar surface area (TPSA) is 37.3 Å². The largest absolute Gasteiger partial charge is 0.481 e. The van der Waals surface area contributed by atoms with Gasteiger partial charge in [-0.3, -0.25) is 4.79 Å². The molecule has 1 rings (SSSR count). The van der Waals surface area contributed by atoms with E-state index in [1.54, 1.807) is 0 Å². The van der Waals surface area contributed by atoms with E-state index < -0.39 is 5.97 Å². The quantitative estimate of drug-likeness (QED) is 0.688. The third kappa shape index (κ3) is 15.2. The molecule has 1 fully saturated rings. The van der Waals surface area contributed by atoms with Gasteiger partial charge in [-0.15, -0.1) is 0 Å². The number of carbonyl (C=O) groups is 1. The van der Waals surface area contributed by atoms with Gasteiger partial charge < -0.3 is 5.11 Å². The van der Waals surface area contributed by atoms with Crippen molar-refractivity contribution in [1.82, 2.24) is 0 Å². The Balaban J connectivity index is 0. The molecule has 2 nitrogen and oxygen atoms in total. The van der Waals surface area contributed by atoms with Gasteiger partial charge >= 0.3 is 5.97 Å². The summed E-state index contributed by atoms with van der Waals surface area (Å²) in [6.07, 6.45) is 10.0. The van der Waals surface area contributed by atoms with Gasteiger partial charge in [-0.2, -0.15) is 0 Å². The van der Waals surface area contributed by atoms with Gasteiger partial charge in [0.05, 0.1) is 0 Å². The molecule has 0 aliphatic heterocycles. The molecule has 1 aliphatic carbocycles. The normalized spacial score (nSPS) is 14.8. The molecule has 0 aromatic heterocycles. The van der Waals surface area contributed by atoms with E-state index in [-0.39, 0.29) is 29.6 Å². The van der Waals surface area contributed by atoms with Gasteiger partial charge in [0.25, 0.3) is 0 Å². The van der Waals surface area contributed by atoms with Crippen LogP contribution in [0.25, 0.3) is 0 Å². The first-order chi connectivity index (χ1) is 5.77. The van der Waals surface area contributed by atoms with Gasteiger partial charge in [0.15, 0.2) is 0 Å². The van der Waals surface area contributed by atoms with Crippen molar-refractivity contribution in [3.05, 3.63) is 0 Å². The van der Waals surface area contributed by atoms with E-state index in [0.717, 1.165) is 6.42 Å². The zero-order chi connectivity index (χ0) is 9.23. The molecule has 73 valence electrons. The number of carboxylic acids is 1. The second kappa shape index (κ2) is 12.5. The van der Waals surface area contributed by atoms with Crippen LogP contribution in [0.4, 0.5) is 0 Å². The molecule has 3 heteroatoms. The Labute approximate surface area is 103 Å². The van der Waals surface area contributed by atoms with Crippen LogP contribution in [0.5, 0.6) is 0 Å². The first-order valence-electron chi connectivity index (χ1n) is 4.99. The van der Waals surface area contributed by atoms with E-state index in [4.69, 9.17) is 5.11 Å². The van der Waals surface area contributed by atoms with Crippen molar-refractivity contribution >= 4 is 35.5 Å². The molecule has 0 bridgehead atoms. The molecule has 0 atom stereocenters. The molecule has 0 saturated heterocycles. The van der Waals surface area contributed by atoms with E-state index in [9.17, 15) is 4.79 Å². The molecular weight excluding hydrogens is 175 g/mol. The summed E-state index contributed by atoms with van der Waals surface area (Å²) in [7, 11) is 0. The van der Waals surface area contributed by atoms with E-state index in [0.29, 0.717) is 6.42 Å². The standard InChI is InChI=1S/C6H12.C4H8O2.Na/c1-2-4-6-5-3-1;1-2-3-4(5)6;/h1-6H2;2-3H2,1H3,(H,5,6);. The molecular formula is C10H20NaO2. The average molecular weight is 195 g/mol. The van der Waals surface area contributed by atoms with Crippen LogP contribution in [0.15, 0.2) is 0 Å². The van der Waals surface area contributed by atoms with Crippen molar-refractivity contribution in [2.75, 3.05) is 0 Å². The Morgan fingerprint density at radius 3 is 1.46 bits per heavy atom. The van der Waals surface area contributed by atoms with Gasteiger partial charge in [0.2, 0.25) is 0 Å². The first kappa shape index (κ1) is 15.9. The predicted octanol–water partition coefficient (Wildman–Crippen LogP) is 2.83. The zero-order valence-electron chi connectivity index (χ0n) is 9.01. The Morgan fingerprint density at radius 2 is 1.38 bits per heavy atom. The Kier molecular flexibility index (Phi) is 15.3. The average Bonchev–Trinajstić information content (AvgIpc) is 2.08. The summed E-state index contributed by atoms with van der Waals surface area (Å²) in [5.74, 6) is -0.711. The summed E-state index contributed by atoms with van der Waals surface area (Å²) in [5.41, 5.74) is 0. The molecule has 0 heterocycles. The zero-order valence-corrected chi connectivity index (χ0v) is 11.0. The van der Waals surface area contributed by atoms with Gasteiger partial charge in [0, 0.05) is 36.0 Å². The molecule has 0 aromatic rings. The molecule has 1 saturated carbocycles. The summed E-state index contributed by atoms with van der Waals surface area (Å²) in [6.45, 7) is 1.84. The second-order valence-electron chi connectivity index (χ2n) is 3.27. The van der Waals surface area contributed by atoms with Crippen LogP contribution >= 0.6 is 0 Å². The summed E-state index contributed by atoms with van der Waals surface area (Å²) in [4.78, 5) is 9.60. The van der Waals surface area contributed by atoms with Crippen molar-refractivity contribution in [2.45, 2.75) is 58.3 Å². The minimum Gasteiger partial charge on any atom is -0.481 e. The van der Waals surface area contributed by atoms with Gasteiger partial charge in [-0.25, -0.2) is 0 Å². The van der Waals surface area contributed by atoms with E-state index in [2.05, 4.69) is 0 Å². The minimum absolute atomic E-state index is 0. The number of hydrogen-bond donors (Lipinski definition) is 1. The number of aliphatic carboxylic acids is 1. The predicted molar refractivity (Wildman–Crippen MR) is 56.0 cm³/mol. The molecule has 13 heavy (non-hydrogen) atoms. The van der Waals surface area contributed by atoms with Crippen molar-refractivity contribution in [3.8, 4) is 0 Å². The maximum absolute atomic E-state index is 9.60. The smallest absolute Gasteiger partial charge is 0.303 e. The summed E-state index contributed by atoms with van der Waals surface area (Å²) in [5, 5.41) is 7.91. The number of carboxylic acid groups (broad SMARTS) is 1. The van der Waals surface area contributed by atoms with Gasteiger partial charge in [-0.05, 0) is 6.42 Å². The third-order valence-electron chi connectivity index (χ3n) is 1.96. The second-order valence-corrected chi connectivity index (χ2v) is 3.27. The van der Waals surface area contributed by atoms with Crippen molar-refractivity contribution in [2.24, 2.45) is 0 Å². The molecule has 1 N–H and O–H groups in total. The molecule has 0 amide bonds. The van der Waals surface area contributed by atoms with Crippen LogP contribution in [0, 0.1) is 0 Å². The first-order valence-corrected chi connectivity index (χ1v) is 4.99. The van der Waals surface area contributed by atoms with Crippen LogP contribution in [-0.2, 0) is 4.79 Å². The summed E-state index contributed by atoms with van der Waals surface area (Å²) >= 11 is 0. The maximum Gasteiger partial charge on any atom is 0.303 e. The SMILES string of the molecule is C1CCCCC1.CCCC(=O)O.[Na]. The van der Waals surface area contributed by atoms with Crippen LogP contribution < -0.4 is 0 Å². The van der Waals surface area contributed by atoms with Crippen LogP contribution in [0.1, 0.15) is 58.3 Å². The molecule has 1 aliphatic rings. The van der Waals surface area contributed by atoms with Crippen molar-refractivity contribution < 1.29 is 9.90 Å². The third-order valence-corrected chi connectivity index (χ3v) is 1.96. The van der Waals surface area contributed by atoms with E-state index in [1.165, 1.54) is 38.5 Å². The summed E-state index contributed by atoms with van der Waals surface area (Å²) in [6, 6.07) is 0. The van der Waals surface area contributed by atoms with Gasteiger partial charge in [0.1, 0.15) is 0 Å². The molecule has 1 radical (unpaired) electrons. The molecule has 0 unspecified atom stereocenters. The van der Waals surface area contributed by atoms with Crippen LogP contribution in [0.2, 0.25) is 0 Å². The fourth-order valence-electron chi connectivity index (χ4n) is 1.27. The molecule has 0 aromatic carbocycles. The molecule has 0 spiro atoms. The Bertz CT molecular complexity index is 100.0. The Hall–Kier alpha value is 0.470. The fraction of sp³-hybridized carbons (Fsp3) is 0.900. The van der Waals surface area contributed by atoms with Crippen LogP contribution in [0.3, 0.4) is 0 Å². The number of rotatable bonds is 2. The van der Waals surface area contributed by atoms with Crippen molar-refractivity contribution in [1.29, 1.82) is 0 Å². The number of hydrogen-bond acceptors (Lipinski definition) is 1. The minimum atomic E-state index is -0.711. The van der Waals surface area contributed by atoms with E-state index in [1.807, 2.05) is 6.92 Å². The van der Waals surface area contributed by atoms with E-state index >= 15 is 0 Å². The monoisotopic (exact) mass is 195 g/mol.